The first-order chi connectivity index (χ1) is 17.3. The van der Waals surface area contributed by atoms with Crippen molar-refractivity contribution in [2.24, 2.45) is 0 Å². The molecular weight excluding hydrogens is 592 g/mol. The van der Waals surface area contributed by atoms with Crippen LogP contribution in [0.5, 0.6) is 11.5 Å². The van der Waals surface area contributed by atoms with Crippen molar-refractivity contribution in [2.75, 3.05) is 6.61 Å². The molecule has 0 radical (unpaired) electrons. The monoisotopic (exact) mass is 609 g/mol. The van der Waals surface area contributed by atoms with E-state index in [1.807, 2.05) is 6.92 Å². The van der Waals surface area contributed by atoms with Crippen LogP contribution in [-0.4, -0.2) is 22.7 Å². The van der Waals surface area contributed by atoms with Crippen LogP contribution in [-0.2, 0) is 17.9 Å². The van der Waals surface area contributed by atoms with Crippen LogP contribution < -0.4 is 9.47 Å². The fourth-order valence-electron chi connectivity index (χ4n) is 3.45. The highest BCUT2D eigenvalue weighted by Gasteiger charge is 2.35. The molecule has 1 saturated heterocycles. The van der Waals surface area contributed by atoms with Gasteiger partial charge in [0.15, 0.2) is 11.5 Å². The Labute approximate surface area is 230 Å². The van der Waals surface area contributed by atoms with Crippen molar-refractivity contribution in [3.8, 4) is 11.5 Å². The molecule has 0 aromatic heterocycles. The van der Waals surface area contributed by atoms with E-state index < -0.39 is 17.0 Å². The Morgan fingerprint density at radius 2 is 1.83 bits per heavy atom. The van der Waals surface area contributed by atoms with E-state index in [0.717, 1.165) is 22.2 Å². The van der Waals surface area contributed by atoms with Crippen LogP contribution in [0.3, 0.4) is 0 Å². The van der Waals surface area contributed by atoms with Crippen LogP contribution in [0.1, 0.15) is 23.6 Å². The first-order valence-corrected chi connectivity index (χ1v) is 13.1. The number of amides is 2. The second kappa shape index (κ2) is 11.7. The van der Waals surface area contributed by atoms with Crippen molar-refractivity contribution in [2.45, 2.75) is 20.1 Å². The number of imide groups is 1. The van der Waals surface area contributed by atoms with E-state index in [9.17, 15) is 14.0 Å². The molecule has 36 heavy (non-hydrogen) atoms. The number of ether oxygens (including phenoxy) is 2. The minimum atomic E-state index is -0.486. The molecule has 0 unspecified atom stereocenters. The molecule has 3 aromatic rings. The number of carbonyl (C=O) groups excluding carboxylic acids is 2. The Kier molecular flexibility index (Phi) is 8.62. The normalized spacial score (nSPS) is 14.6. The molecular formula is C26H19BrCl2FNO4S. The van der Waals surface area contributed by atoms with Gasteiger partial charge in [-0.25, -0.2) is 4.39 Å². The van der Waals surface area contributed by atoms with Crippen LogP contribution in [0.2, 0.25) is 10.0 Å². The highest BCUT2D eigenvalue weighted by Crippen LogP contribution is 2.40. The molecule has 0 N–H and O–H groups in total. The quantitative estimate of drug-likeness (QED) is 0.241. The topological polar surface area (TPSA) is 55.8 Å². The van der Waals surface area contributed by atoms with Gasteiger partial charge in [0, 0.05) is 21.2 Å². The summed E-state index contributed by atoms with van der Waals surface area (Å²) in [5.41, 5.74) is 1.64. The largest absolute Gasteiger partial charge is 0.490 e. The molecule has 0 atom stereocenters. The number of benzene rings is 3. The molecule has 1 heterocycles. The lowest BCUT2D eigenvalue weighted by Gasteiger charge is -2.15. The van der Waals surface area contributed by atoms with Crippen LogP contribution in [0.15, 0.2) is 64.0 Å². The van der Waals surface area contributed by atoms with Gasteiger partial charge in [0.2, 0.25) is 0 Å². The number of rotatable bonds is 8. The van der Waals surface area contributed by atoms with Gasteiger partial charge in [-0.15, -0.1) is 0 Å². The molecule has 2 amide bonds. The Hall–Kier alpha value is -2.52. The Balaban J connectivity index is 1.57. The predicted octanol–water partition coefficient (Wildman–Crippen LogP) is 8.11. The average molecular weight is 611 g/mol. The summed E-state index contributed by atoms with van der Waals surface area (Å²) in [5, 5.41) is 0.556. The van der Waals surface area contributed by atoms with E-state index in [2.05, 4.69) is 15.9 Å². The second-order valence-corrected chi connectivity index (χ2v) is 10.3. The molecule has 0 bridgehead atoms. The summed E-state index contributed by atoms with van der Waals surface area (Å²) < 4.78 is 26.4. The standard InChI is InChI=1S/C26H19BrCl2FNO4S/c1-2-34-22-10-15(9-19(27)24(22)35-14-17-7-8-18(28)12-20(17)29)11-23-25(32)31(26(33)36-23)13-16-5-3-4-6-21(16)30/h3-12H,2,13-14H2,1H3/b23-11-. The van der Waals surface area contributed by atoms with Gasteiger partial charge in [-0.05, 0) is 76.6 Å². The number of halogens is 4. The average Bonchev–Trinajstić information content (AvgIpc) is 3.08. The zero-order chi connectivity index (χ0) is 25.8. The summed E-state index contributed by atoms with van der Waals surface area (Å²) in [6.07, 6.45) is 1.60. The molecule has 10 heteroatoms. The van der Waals surface area contributed by atoms with Crippen molar-refractivity contribution in [3.05, 3.63) is 96.5 Å². The number of carbonyl (C=O) groups is 2. The predicted molar refractivity (Wildman–Crippen MR) is 144 cm³/mol. The smallest absolute Gasteiger partial charge is 0.293 e. The van der Waals surface area contributed by atoms with Gasteiger partial charge >= 0.3 is 0 Å². The van der Waals surface area contributed by atoms with Gasteiger partial charge in [0.05, 0.1) is 22.5 Å². The number of hydrogen-bond acceptors (Lipinski definition) is 5. The van der Waals surface area contributed by atoms with Crippen LogP contribution in [0.4, 0.5) is 9.18 Å². The lowest BCUT2D eigenvalue weighted by atomic mass is 10.1. The first-order valence-electron chi connectivity index (χ1n) is 10.8. The first kappa shape index (κ1) is 26.5. The molecule has 3 aromatic carbocycles. The minimum Gasteiger partial charge on any atom is -0.490 e. The van der Waals surface area contributed by atoms with E-state index in [1.165, 1.54) is 6.07 Å². The van der Waals surface area contributed by atoms with Crippen LogP contribution in [0, 0.1) is 5.82 Å². The van der Waals surface area contributed by atoms with Gasteiger partial charge in [0.25, 0.3) is 11.1 Å². The Bertz CT molecular complexity index is 1370. The van der Waals surface area contributed by atoms with Crippen molar-refractivity contribution in [1.29, 1.82) is 0 Å². The molecule has 4 rings (SSSR count). The highest BCUT2D eigenvalue weighted by molar-refractivity contribution is 9.10. The summed E-state index contributed by atoms with van der Waals surface area (Å²) in [4.78, 5) is 26.7. The summed E-state index contributed by atoms with van der Waals surface area (Å²) in [5.74, 6) is -0.0391. The lowest BCUT2D eigenvalue weighted by Crippen LogP contribution is -2.27. The number of hydrogen-bond donors (Lipinski definition) is 0. The van der Waals surface area contributed by atoms with Gasteiger partial charge in [-0.2, -0.15) is 0 Å². The summed E-state index contributed by atoms with van der Waals surface area (Å²) in [6.45, 7) is 2.27. The maximum Gasteiger partial charge on any atom is 0.293 e. The molecule has 0 saturated carbocycles. The summed E-state index contributed by atoms with van der Waals surface area (Å²) in [7, 11) is 0. The molecule has 1 aliphatic heterocycles. The highest BCUT2D eigenvalue weighted by atomic mass is 79.9. The van der Waals surface area contributed by atoms with Gasteiger partial charge in [-0.3, -0.25) is 14.5 Å². The van der Waals surface area contributed by atoms with Gasteiger partial charge in [-0.1, -0.05) is 47.5 Å². The third-order valence-corrected chi connectivity index (χ3v) is 7.26. The lowest BCUT2D eigenvalue weighted by molar-refractivity contribution is -0.123. The summed E-state index contributed by atoms with van der Waals surface area (Å²) in [6, 6.07) is 14.7. The zero-order valence-corrected chi connectivity index (χ0v) is 22.8. The SMILES string of the molecule is CCOc1cc(/C=C2\SC(=O)N(Cc3ccccc3F)C2=O)cc(Br)c1OCc1ccc(Cl)cc1Cl. The fraction of sp³-hybridized carbons (Fsp3) is 0.154. The zero-order valence-electron chi connectivity index (χ0n) is 18.9. The van der Waals surface area contributed by atoms with Gasteiger partial charge in [0.1, 0.15) is 12.4 Å². The summed E-state index contributed by atoms with van der Waals surface area (Å²) >= 11 is 16.5. The molecule has 186 valence electrons. The van der Waals surface area contributed by atoms with E-state index >= 15 is 0 Å². The molecule has 1 aliphatic rings. The fourth-order valence-corrected chi connectivity index (χ4v) is 5.32. The van der Waals surface area contributed by atoms with Gasteiger partial charge < -0.3 is 9.47 Å². The third kappa shape index (κ3) is 6.06. The van der Waals surface area contributed by atoms with E-state index in [4.69, 9.17) is 32.7 Å². The molecule has 0 aliphatic carbocycles. The van der Waals surface area contributed by atoms with Crippen molar-refractivity contribution >= 4 is 68.1 Å². The van der Waals surface area contributed by atoms with Crippen LogP contribution in [0.25, 0.3) is 6.08 Å². The molecule has 5 nitrogen and oxygen atoms in total. The van der Waals surface area contributed by atoms with Crippen LogP contribution >= 0.6 is 50.9 Å². The maximum atomic E-state index is 14.0. The second-order valence-electron chi connectivity index (χ2n) is 7.65. The van der Waals surface area contributed by atoms with E-state index in [0.29, 0.717) is 38.2 Å². The molecule has 0 spiro atoms. The third-order valence-electron chi connectivity index (χ3n) is 5.18. The van der Waals surface area contributed by atoms with Crippen molar-refractivity contribution < 1.29 is 23.5 Å². The maximum absolute atomic E-state index is 14.0. The van der Waals surface area contributed by atoms with E-state index in [-0.39, 0.29) is 23.6 Å². The minimum absolute atomic E-state index is 0.136. The Morgan fingerprint density at radius 3 is 2.56 bits per heavy atom. The van der Waals surface area contributed by atoms with Crippen molar-refractivity contribution in [3.63, 3.8) is 0 Å². The number of nitrogens with zero attached hydrogens (tertiary/aromatic N) is 1. The van der Waals surface area contributed by atoms with E-state index in [1.54, 1.807) is 54.6 Å². The Morgan fingerprint density at radius 1 is 1.06 bits per heavy atom. The molecule has 1 fully saturated rings. The van der Waals surface area contributed by atoms with Crippen molar-refractivity contribution in [1.82, 2.24) is 4.90 Å². The number of thioether (sulfide) groups is 1.